The van der Waals surface area contributed by atoms with Gasteiger partial charge in [-0.25, -0.2) is 4.98 Å². The Morgan fingerprint density at radius 3 is 2.70 bits per heavy atom. The Labute approximate surface area is 176 Å². The summed E-state index contributed by atoms with van der Waals surface area (Å²) in [5, 5.41) is 24.1. The third-order valence-corrected chi connectivity index (χ3v) is 5.93. The molecule has 0 amide bonds. The highest BCUT2D eigenvalue weighted by Crippen LogP contribution is 2.36. The van der Waals surface area contributed by atoms with Gasteiger partial charge in [-0.3, -0.25) is 9.13 Å². The lowest BCUT2D eigenvalue weighted by atomic mass is 10.1. The fraction of sp³-hybridized carbons (Fsp3) is 0.688. The minimum absolute atomic E-state index is 0.000639. The van der Waals surface area contributed by atoms with E-state index >= 15 is 0 Å². The standard InChI is InChI=1S/C16H23ClN5O7P/c17-16-20-13(19-8-3-1-2-4-8)10-14(21-16)22(6-18-10)15-12(24)11(23)9(29-15)5-28-7-30(25,26)27/h6,8-9,11-12,15,23-24H,1-5,7H2,(H,19,20,21)(H2,25,26,27). The molecule has 3 heterocycles. The third kappa shape index (κ3) is 4.61. The number of halogens is 1. The Hall–Kier alpha value is -1.37. The molecule has 0 radical (unpaired) electrons. The summed E-state index contributed by atoms with van der Waals surface area (Å²) < 4.78 is 23.0. The topological polar surface area (TPSA) is 172 Å². The highest BCUT2D eigenvalue weighted by Gasteiger charge is 2.44. The van der Waals surface area contributed by atoms with Crippen LogP contribution in [0.15, 0.2) is 6.33 Å². The Balaban J connectivity index is 1.55. The maximum atomic E-state index is 10.9. The zero-order valence-corrected chi connectivity index (χ0v) is 17.5. The predicted molar refractivity (Wildman–Crippen MR) is 105 cm³/mol. The number of ether oxygens (including phenoxy) is 2. The highest BCUT2D eigenvalue weighted by molar-refractivity contribution is 7.51. The second-order valence-corrected chi connectivity index (χ2v) is 9.43. The summed E-state index contributed by atoms with van der Waals surface area (Å²) in [5.41, 5.74) is 0.779. The van der Waals surface area contributed by atoms with Crippen molar-refractivity contribution in [3.05, 3.63) is 11.6 Å². The van der Waals surface area contributed by atoms with E-state index < -0.39 is 38.5 Å². The van der Waals surface area contributed by atoms with Crippen molar-refractivity contribution in [1.29, 1.82) is 0 Å². The Morgan fingerprint density at radius 2 is 2.00 bits per heavy atom. The van der Waals surface area contributed by atoms with E-state index in [2.05, 4.69) is 20.3 Å². The van der Waals surface area contributed by atoms with E-state index in [-0.39, 0.29) is 17.9 Å². The molecule has 12 nitrogen and oxygen atoms in total. The number of rotatable bonds is 7. The van der Waals surface area contributed by atoms with E-state index in [1.54, 1.807) is 0 Å². The van der Waals surface area contributed by atoms with Crippen molar-refractivity contribution >= 4 is 36.2 Å². The Bertz CT molecular complexity index is 949. The second-order valence-electron chi connectivity index (χ2n) is 7.50. The van der Waals surface area contributed by atoms with Gasteiger partial charge in [-0.2, -0.15) is 9.97 Å². The largest absolute Gasteiger partial charge is 0.387 e. The summed E-state index contributed by atoms with van der Waals surface area (Å²) in [4.78, 5) is 30.5. The lowest BCUT2D eigenvalue weighted by molar-refractivity contribution is -0.0612. The van der Waals surface area contributed by atoms with Gasteiger partial charge in [0.2, 0.25) is 5.28 Å². The second kappa shape index (κ2) is 8.64. The molecule has 4 rings (SSSR count). The molecule has 1 aliphatic carbocycles. The van der Waals surface area contributed by atoms with Gasteiger partial charge in [-0.1, -0.05) is 12.8 Å². The summed E-state index contributed by atoms with van der Waals surface area (Å²) in [6.45, 7) is -0.309. The summed E-state index contributed by atoms with van der Waals surface area (Å²) in [6.07, 6.45) is 0.208. The van der Waals surface area contributed by atoms with Crippen LogP contribution in [0.2, 0.25) is 5.28 Å². The van der Waals surface area contributed by atoms with Crippen molar-refractivity contribution in [2.24, 2.45) is 0 Å². The van der Waals surface area contributed by atoms with Crippen molar-refractivity contribution < 1.29 is 34.0 Å². The summed E-state index contributed by atoms with van der Waals surface area (Å²) >= 11 is 6.10. The fourth-order valence-electron chi connectivity index (χ4n) is 3.82. The smallest absolute Gasteiger partial charge is 0.350 e. The fourth-order valence-corrected chi connectivity index (χ4v) is 4.33. The number of anilines is 1. The van der Waals surface area contributed by atoms with Crippen LogP contribution in [0.5, 0.6) is 0 Å². The zero-order valence-electron chi connectivity index (χ0n) is 15.8. The first-order chi connectivity index (χ1) is 14.2. The number of aliphatic hydroxyl groups excluding tert-OH is 2. The lowest BCUT2D eigenvalue weighted by Crippen LogP contribution is -2.33. The first kappa shape index (κ1) is 21.8. The molecule has 2 aliphatic rings. The van der Waals surface area contributed by atoms with E-state index in [1.807, 2.05) is 0 Å². The van der Waals surface area contributed by atoms with Gasteiger partial charge in [0.15, 0.2) is 23.2 Å². The lowest BCUT2D eigenvalue weighted by Gasteiger charge is -2.17. The zero-order chi connectivity index (χ0) is 21.5. The molecule has 1 saturated heterocycles. The average Bonchev–Trinajstić information content (AvgIpc) is 3.37. The highest BCUT2D eigenvalue weighted by atomic mass is 35.5. The average molecular weight is 464 g/mol. The summed E-state index contributed by atoms with van der Waals surface area (Å²) in [7, 11) is -4.35. The molecule has 14 heteroatoms. The Morgan fingerprint density at radius 1 is 1.27 bits per heavy atom. The minimum Gasteiger partial charge on any atom is -0.387 e. The van der Waals surface area contributed by atoms with E-state index in [0.717, 1.165) is 25.7 Å². The monoisotopic (exact) mass is 463 g/mol. The minimum atomic E-state index is -4.35. The van der Waals surface area contributed by atoms with Crippen LogP contribution in [0.3, 0.4) is 0 Å². The van der Waals surface area contributed by atoms with Crippen molar-refractivity contribution in [3.63, 3.8) is 0 Å². The molecule has 1 saturated carbocycles. The summed E-state index contributed by atoms with van der Waals surface area (Å²) in [5.74, 6) is 0.491. The van der Waals surface area contributed by atoms with Gasteiger partial charge in [0.1, 0.15) is 24.7 Å². The van der Waals surface area contributed by atoms with E-state index in [9.17, 15) is 14.8 Å². The predicted octanol–water partition coefficient (Wildman–Crippen LogP) is 0.605. The maximum absolute atomic E-state index is 10.9. The maximum Gasteiger partial charge on any atom is 0.350 e. The summed E-state index contributed by atoms with van der Waals surface area (Å²) in [6, 6.07) is 0.273. The number of hydrogen-bond acceptors (Lipinski definition) is 9. The molecule has 2 fully saturated rings. The van der Waals surface area contributed by atoms with Gasteiger partial charge in [0, 0.05) is 6.04 Å². The van der Waals surface area contributed by atoms with Crippen LogP contribution in [-0.2, 0) is 14.0 Å². The molecular weight excluding hydrogens is 441 g/mol. The van der Waals surface area contributed by atoms with Crippen LogP contribution >= 0.6 is 19.2 Å². The molecule has 4 unspecified atom stereocenters. The van der Waals surface area contributed by atoms with Crippen molar-refractivity contribution in [2.75, 3.05) is 18.3 Å². The van der Waals surface area contributed by atoms with E-state index in [0.29, 0.717) is 17.0 Å². The van der Waals surface area contributed by atoms with E-state index in [4.69, 9.17) is 30.9 Å². The molecule has 2 aromatic rings. The van der Waals surface area contributed by atoms with Crippen molar-refractivity contribution in [3.8, 4) is 0 Å². The van der Waals surface area contributed by atoms with Crippen molar-refractivity contribution in [1.82, 2.24) is 19.5 Å². The number of imidazole rings is 1. The van der Waals surface area contributed by atoms with Gasteiger partial charge < -0.3 is 34.8 Å². The van der Waals surface area contributed by atoms with Crippen LogP contribution < -0.4 is 5.32 Å². The molecule has 166 valence electrons. The number of hydrogen-bond donors (Lipinski definition) is 5. The van der Waals surface area contributed by atoms with Crippen LogP contribution in [0.1, 0.15) is 31.9 Å². The van der Waals surface area contributed by atoms with Gasteiger partial charge in [-0.15, -0.1) is 0 Å². The quantitative estimate of drug-likeness (QED) is 0.287. The molecule has 0 spiro atoms. The molecule has 5 N–H and O–H groups in total. The molecule has 30 heavy (non-hydrogen) atoms. The van der Waals surface area contributed by atoms with Crippen LogP contribution in [-0.4, -0.2) is 76.8 Å². The van der Waals surface area contributed by atoms with Gasteiger partial charge in [0.25, 0.3) is 0 Å². The van der Waals surface area contributed by atoms with E-state index in [1.165, 1.54) is 10.9 Å². The number of aromatic nitrogens is 4. The molecule has 0 aromatic carbocycles. The first-order valence-corrected chi connectivity index (χ1v) is 11.7. The van der Waals surface area contributed by atoms with Crippen LogP contribution in [0.4, 0.5) is 5.82 Å². The van der Waals surface area contributed by atoms with Gasteiger partial charge in [0.05, 0.1) is 12.9 Å². The number of nitrogens with one attached hydrogen (secondary N) is 1. The molecule has 0 bridgehead atoms. The number of aliphatic hydroxyl groups is 2. The van der Waals surface area contributed by atoms with Gasteiger partial charge in [-0.05, 0) is 24.4 Å². The first-order valence-electron chi connectivity index (χ1n) is 9.53. The molecule has 2 aromatic heterocycles. The normalized spacial score (nSPS) is 27.9. The SMILES string of the molecule is O=P(O)(O)COCC1OC(n2cnc3c(NC4CCCC4)nc(Cl)nc32)C(O)C1O. The van der Waals surface area contributed by atoms with Gasteiger partial charge >= 0.3 is 7.60 Å². The van der Waals surface area contributed by atoms with Crippen LogP contribution in [0.25, 0.3) is 11.2 Å². The third-order valence-electron chi connectivity index (χ3n) is 5.24. The van der Waals surface area contributed by atoms with Crippen LogP contribution in [0, 0.1) is 0 Å². The van der Waals surface area contributed by atoms with Crippen molar-refractivity contribution in [2.45, 2.75) is 56.3 Å². The molecule has 1 aliphatic heterocycles. The number of fused-ring (bicyclic) bond motifs is 1. The molecule has 4 atom stereocenters. The number of nitrogens with zero attached hydrogens (tertiary/aromatic N) is 4. The Kier molecular flexibility index (Phi) is 6.29. The molecular formula is C16H23ClN5O7P.